The van der Waals surface area contributed by atoms with Crippen LogP contribution in [0.4, 0.5) is 4.79 Å². The highest BCUT2D eigenvalue weighted by Gasteiger charge is 2.09. The minimum Gasteiger partial charge on any atom is -0.339 e. The van der Waals surface area contributed by atoms with E-state index in [1.54, 1.807) is 11.8 Å². The van der Waals surface area contributed by atoms with Gasteiger partial charge in [-0.25, -0.2) is 4.79 Å². The van der Waals surface area contributed by atoms with Gasteiger partial charge in [0.15, 0.2) is 5.82 Å². The molecule has 0 aliphatic heterocycles. The number of amides is 2. The van der Waals surface area contributed by atoms with Gasteiger partial charge in [-0.1, -0.05) is 48.8 Å². The summed E-state index contributed by atoms with van der Waals surface area (Å²) in [5.41, 5.74) is 2.58. The summed E-state index contributed by atoms with van der Waals surface area (Å²) in [4.78, 5) is 16.0. The quantitative estimate of drug-likeness (QED) is 0.669. The Balaban J connectivity index is 1.52. The van der Waals surface area contributed by atoms with Gasteiger partial charge in [-0.3, -0.25) is 0 Å². The molecule has 7 heteroatoms. The van der Waals surface area contributed by atoms with Gasteiger partial charge in [0.1, 0.15) is 0 Å². The summed E-state index contributed by atoms with van der Waals surface area (Å²) >= 11 is 1.80. The fourth-order valence-electron chi connectivity index (χ4n) is 2.06. The highest BCUT2D eigenvalue weighted by Crippen LogP contribution is 2.12. The zero-order valence-corrected chi connectivity index (χ0v) is 15.9. The molecule has 0 aliphatic rings. The van der Waals surface area contributed by atoms with Crippen LogP contribution in [0.15, 0.2) is 28.8 Å². The number of nitrogens with zero attached hydrogens (tertiary/aromatic N) is 2. The second-order valence-electron chi connectivity index (χ2n) is 6.17. The SMILES string of the molecule is Cc1ccc(CSCCNC(=O)NCCc2nc(C(C)C)no2)cc1. The third-order valence-electron chi connectivity index (χ3n) is 3.55. The van der Waals surface area contributed by atoms with Crippen LogP contribution in [0.2, 0.25) is 0 Å². The number of aryl methyl sites for hydroxylation is 1. The molecular formula is C18H26N4O2S. The zero-order chi connectivity index (χ0) is 18.1. The Morgan fingerprint density at radius 1 is 1.20 bits per heavy atom. The number of hydrogen-bond acceptors (Lipinski definition) is 5. The maximum Gasteiger partial charge on any atom is 0.314 e. The normalized spacial score (nSPS) is 10.9. The average Bonchev–Trinajstić information content (AvgIpc) is 3.05. The van der Waals surface area contributed by atoms with Gasteiger partial charge in [0, 0.05) is 36.9 Å². The van der Waals surface area contributed by atoms with Crippen molar-refractivity contribution in [3.8, 4) is 0 Å². The molecule has 0 saturated carbocycles. The van der Waals surface area contributed by atoms with E-state index in [0.29, 0.717) is 31.2 Å². The first-order chi connectivity index (χ1) is 12.0. The minimum absolute atomic E-state index is 0.167. The predicted molar refractivity (Wildman–Crippen MR) is 101 cm³/mol. The summed E-state index contributed by atoms with van der Waals surface area (Å²) in [5.74, 6) is 3.33. The van der Waals surface area contributed by atoms with Crippen LogP contribution in [0.25, 0.3) is 0 Å². The highest BCUT2D eigenvalue weighted by atomic mass is 32.2. The number of rotatable bonds is 9. The van der Waals surface area contributed by atoms with Gasteiger partial charge in [-0.2, -0.15) is 16.7 Å². The molecule has 1 aromatic carbocycles. The molecule has 25 heavy (non-hydrogen) atoms. The van der Waals surface area contributed by atoms with Crippen molar-refractivity contribution in [2.24, 2.45) is 0 Å². The molecule has 0 bridgehead atoms. The molecule has 1 heterocycles. The lowest BCUT2D eigenvalue weighted by Crippen LogP contribution is -2.37. The van der Waals surface area contributed by atoms with Gasteiger partial charge in [0.25, 0.3) is 0 Å². The standard InChI is InChI=1S/C18H26N4O2S/c1-13(2)17-21-16(24-22-17)8-9-19-18(23)20-10-11-25-12-15-6-4-14(3)5-7-15/h4-7,13H,8-12H2,1-3H3,(H2,19,20,23). The number of nitrogens with one attached hydrogen (secondary N) is 2. The van der Waals surface area contributed by atoms with E-state index in [1.807, 2.05) is 13.8 Å². The number of hydrogen-bond donors (Lipinski definition) is 2. The van der Waals surface area contributed by atoms with Crippen LogP contribution < -0.4 is 10.6 Å². The van der Waals surface area contributed by atoms with Gasteiger partial charge in [0.05, 0.1) is 0 Å². The van der Waals surface area contributed by atoms with E-state index in [0.717, 1.165) is 11.5 Å². The summed E-state index contributed by atoms with van der Waals surface area (Å²) in [7, 11) is 0. The van der Waals surface area contributed by atoms with Crippen molar-refractivity contribution in [3.63, 3.8) is 0 Å². The van der Waals surface area contributed by atoms with Gasteiger partial charge in [-0.15, -0.1) is 0 Å². The summed E-state index contributed by atoms with van der Waals surface area (Å²) < 4.78 is 5.13. The van der Waals surface area contributed by atoms with E-state index in [1.165, 1.54) is 11.1 Å². The molecule has 0 spiro atoms. The van der Waals surface area contributed by atoms with Gasteiger partial charge in [0.2, 0.25) is 5.89 Å². The third kappa shape index (κ3) is 7.17. The van der Waals surface area contributed by atoms with Crippen LogP contribution in [-0.4, -0.2) is 35.0 Å². The highest BCUT2D eigenvalue weighted by molar-refractivity contribution is 7.98. The van der Waals surface area contributed by atoms with Crippen molar-refractivity contribution < 1.29 is 9.32 Å². The summed E-state index contributed by atoms with van der Waals surface area (Å²) in [5, 5.41) is 9.54. The first kappa shape index (κ1) is 19.3. The smallest absolute Gasteiger partial charge is 0.314 e. The first-order valence-corrected chi connectivity index (χ1v) is 9.67. The zero-order valence-electron chi connectivity index (χ0n) is 15.0. The largest absolute Gasteiger partial charge is 0.339 e. The maximum atomic E-state index is 11.7. The number of carbonyl (C=O) groups is 1. The Labute approximate surface area is 153 Å². The monoisotopic (exact) mass is 362 g/mol. The maximum absolute atomic E-state index is 11.7. The van der Waals surface area contributed by atoms with Crippen LogP contribution in [0.5, 0.6) is 0 Å². The van der Waals surface area contributed by atoms with Gasteiger partial charge < -0.3 is 15.2 Å². The Kier molecular flexibility index (Phi) is 7.78. The molecule has 0 unspecified atom stereocenters. The molecule has 2 amide bonds. The molecule has 0 saturated heterocycles. The number of benzene rings is 1. The molecule has 0 atom stereocenters. The Bertz CT molecular complexity index is 655. The van der Waals surface area contributed by atoms with E-state index in [4.69, 9.17) is 4.52 Å². The number of thioether (sulfide) groups is 1. The predicted octanol–water partition coefficient (Wildman–Crippen LogP) is 3.28. The Hall–Kier alpha value is -2.02. The molecule has 2 N–H and O–H groups in total. The molecule has 6 nitrogen and oxygen atoms in total. The van der Waals surface area contributed by atoms with Crippen LogP contribution in [0, 0.1) is 6.92 Å². The molecular weight excluding hydrogens is 336 g/mol. The Morgan fingerprint density at radius 2 is 1.92 bits per heavy atom. The van der Waals surface area contributed by atoms with Gasteiger partial charge in [-0.05, 0) is 12.5 Å². The van der Waals surface area contributed by atoms with Crippen molar-refractivity contribution in [3.05, 3.63) is 47.1 Å². The van der Waals surface area contributed by atoms with Crippen LogP contribution in [-0.2, 0) is 12.2 Å². The lowest BCUT2D eigenvalue weighted by Gasteiger charge is -2.07. The molecule has 136 valence electrons. The number of aromatic nitrogens is 2. The van der Waals surface area contributed by atoms with E-state index >= 15 is 0 Å². The van der Waals surface area contributed by atoms with Crippen LogP contribution in [0.3, 0.4) is 0 Å². The minimum atomic E-state index is -0.167. The second kappa shape index (κ2) is 10.1. The summed E-state index contributed by atoms with van der Waals surface area (Å²) in [6.45, 7) is 7.22. The fourth-order valence-corrected chi connectivity index (χ4v) is 2.88. The average molecular weight is 362 g/mol. The van der Waals surface area contributed by atoms with E-state index in [2.05, 4.69) is 52.0 Å². The number of urea groups is 1. The number of carbonyl (C=O) groups excluding carboxylic acids is 1. The molecule has 0 fully saturated rings. The molecule has 2 rings (SSSR count). The third-order valence-corrected chi connectivity index (χ3v) is 4.58. The summed E-state index contributed by atoms with van der Waals surface area (Å²) in [6.07, 6.45) is 0.537. The molecule has 0 radical (unpaired) electrons. The van der Waals surface area contributed by atoms with E-state index in [9.17, 15) is 4.79 Å². The van der Waals surface area contributed by atoms with Crippen molar-refractivity contribution in [1.29, 1.82) is 0 Å². The van der Waals surface area contributed by atoms with Crippen LogP contribution in [0.1, 0.15) is 42.6 Å². The van der Waals surface area contributed by atoms with E-state index < -0.39 is 0 Å². The lowest BCUT2D eigenvalue weighted by atomic mass is 10.2. The molecule has 2 aromatic rings. The molecule has 1 aromatic heterocycles. The van der Waals surface area contributed by atoms with Gasteiger partial charge >= 0.3 is 6.03 Å². The van der Waals surface area contributed by atoms with Crippen LogP contribution >= 0.6 is 11.8 Å². The second-order valence-corrected chi connectivity index (χ2v) is 7.28. The fraction of sp³-hybridized carbons (Fsp3) is 0.500. The van der Waals surface area contributed by atoms with Crippen molar-refractivity contribution >= 4 is 17.8 Å². The molecule has 0 aliphatic carbocycles. The summed E-state index contributed by atoms with van der Waals surface area (Å²) in [6, 6.07) is 8.36. The Morgan fingerprint density at radius 3 is 2.60 bits per heavy atom. The topological polar surface area (TPSA) is 80.0 Å². The van der Waals surface area contributed by atoms with Crippen molar-refractivity contribution in [2.45, 2.75) is 38.9 Å². The van der Waals surface area contributed by atoms with E-state index in [-0.39, 0.29) is 11.9 Å². The van der Waals surface area contributed by atoms with Crippen molar-refractivity contribution in [1.82, 2.24) is 20.8 Å². The first-order valence-electron chi connectivity index (χ1n) is 8.52. The lowest BCUT2D eigenvalue weighted by molar-refractivity contribution is 0.241. The van der Waals surface area contributed by atoms with Crippen molar-refractivity contribution in [2.75, 3.05) is 18.8 Å².